The van der Waals surface area contributed by atoms with E-state index in [1.165, 1.54) is 9.75 Å². The number of thiophene rings is 1. The van der Waals surface area contributed by atoms with E-state index in [0.717, 1.165) is 25.8 Å². The van der Waals surface area contributed by atoms with E-state index in [0.29, 0.717) is 18.7 Å². The zero-order valence-corrected chi connectivity index (χ0v) is 14.7. The fourth-order valence-corrected chi connectivity index (χ4v) is 4.07. The van der Waals surface area contributed by atoms with Gasteiger partial charge in [0.15, 0.2) is 0 Å². The first-order valence-corrected chi connectivity index (χ1v) is 9.32. The van der Waals surface area contributed by atoms with Crippen LogP contribution in [-0.4, -0.2) is 28.6 Å². The van der Waals surface area contributed by atoms with E-state index in [9.17, 15) is 9.90 Å². The van der Waals surface area contributed by atoms with Crippen molar-refractivity contribution in [3.8, 4) is 0 Å². The second kappa shape index (κ2) is 7.85. The minimum absolute atomic E-state index is 0.0457. The van der Waals surface area contributed by atoms with E-state index >= 15 is 0 Å². The van der Waals surface area contributed by atoms with Crippen LogP contribution >= 0.6 is 11.3 Å². The van der Waals surface area contributed by atoms with E-state index in [2.05, 4.69) is 24.4 Å². The van der Waals surface area contributed by atoms with Gasteiger partial charge in [-0.25, -0.2) is 4.79 Å². The molecule has 2 unspecified atom stereocenters. The van der Waals surface area contributed by atoms with Gasteiger partial charge < -0.3 is 19.7 Å². The maximum atomic E-state index is 12.5. The van der Waals surface area contributed by atoms with Crippen LogP contribution in [0, 0.1) is 0 Å². The lowest BCUT2D eigenvalue weighted by atomic mass is 10.1. The van der Waals surface area contributed by atoms with Crippen LogP contribution in [-0.2, 0) is 13.0 Å². The van der Waals surface area contributed by atoms with Crippen molar-refractivity contribution in [3.63, 3.8) is 0 Å². The van der Waals surface area contributed by atoms with Gasteiger partial charge in [-0.15, -0.1) is 11.3 Å². The van der Waals surface area contributed by atoms with Crippen molar-refractivity contribution in [2.24, 2.45) is 0 Å². The molecular formula is C18H24N2O3S. The van der Waals surface area contributed by atoms with E-state index in [4.69, 9.17) is 4.42 Å². The highest BCUT2D eigenvalue weighted by molar-refractivity contribution is 7.11. The number of amides is 2. The molecule has 6 heteroatoms. The SMILES string of the molecule is CCc1ccc(CNC(=O)N2CCCC2CC(O)c2ccco2)s1. The van der Waals surface area contributed by atoms with Crippen LogP contribution in [0.2, 0.25) is 0 Å². The van der Waals surface area contributed by atoms with Crippen LogP contribution in [0.5, 0.6) is 0 Å². The molecular weight excluding hydrogens is 324 g/mol. The summed E-state index contributed by atoms with van der Waals surface area (Å²) in [6, 6.07) is 7.74. The van der Waals surface area contributed by atoms with Crippen LogP contribution in [0.15, 0.2) is 34.9 Å². The molecule has 0 saturated carbocycles. The standard InChI is InChI=1S/C18H24N2O3S/c1-2-14-7-8-15(24-14)12-19-18(22)20-9-3-5-13(20)11-16(21)17-6-4-10-23-17/h4,6-8,10,13,16,21H,2-3,5,9,11-12H2,1H3,(H,19,22). The highest BCUT2D eigenvalue weighted by Gasteiger charge is 2.31. The Labute approximate surface area is 146 Å². The Bertz CT molecular complexity index is 653. The molecule has 0 spiro atoms. The summed E-state index contributed by atoms with van der Waals surface area (Å²) in [5.41, 5.74) is 0. The number of likely N-dealkylation sites (tertiary alicyclic amines) is 1. The molecule has 2 atom stereocenters. The first kappa shape index (κ1) is 17.0. The Balaban J connectivity index is 1.53. The number of aliphatic hydroxyl groups is 1. The number of urea groups is 1. The summed E-state index contributed by atoms with van der Waals surface area (Å²) in [4.78, 5) is 16.8. The van der Waals surface area contributed by atoms with Gasteiger partial charge in [0, 0.05) is 28.8 Å². The number of carbonyl (C=O) groups excluding carboxylic acids is 1. The lowest BCUT2D eigenvalue weighted by molar-refractivity contribution is 0.108. The maximum Gasteiger partial charge on any atom is 0.317 e. The molecule has 0 radical (unpaired) electrons. The van der Waals surface area contributed by atoms with Gasteiger partial charge in [0.1, 0.15) is 11.9 Å². The van der Waals surface area contributed by atoms with E-state index in [-0.39, 0.29) is 12.1 Å². The summed E-state index contributed by atoms with van der Waals surface area (Å²) in [7, 11) is 0. The Hall–Kier alpha value is -1.79. The van der Waals surface area contributed by atoms with E-state index in [1.807, 2.05) is 4.90 Å². The number of rotatable bonds is 6. The normalized spacial score (nSPS) is 18.8. The molecule has 0 bridgehead atoms. The summed E-state index contributed by atoms with van der Waals surface area (Å²) in [6.07, 6.45) is 4.33. The van der Waals surface area contributed by atoms with Crippen LogP contribution in [0.4, 0.5) is 4.79 Å². The fourth-order valence-electron chi connectivity index (χ4n) is 3.17. The smallest absolute Gasteiger partial charge is 0.317 e. The monoisotopic (exact) mass is 348 g/mol. The number of aryl methyl sites for hydroxylation is 1. The minimum Gasteiger partial charge on any atom is -0.467 e. The highest BCUT2D eigenvalue weighted by atomic mass is 32.1. The molecule has 1 fully saturated rings. The summed E-state index contributed by atoms with van der Waals surface area (Å²) >= 11 is 1.74. The van der Waals surface area contributed by atoms with Crippen LogP contribution in [0.3, 0.4) is 0 Å². The average molecular weight is 348 g/mol. The Kier molecular flexibility index (Phi) is 5.58. The third kappa shape index (κ3) is 3.99. The van der Waals surface area contributed by atoms with E-state index in [1.54, 1.807) is 29.7 Å². The summed E-state index contributed by atoms with van der Waals surface area (Å²) in [5.74, 6) is 0.563. The van der Waals surface area contributed by atoms with Gasteiger partial charge in [-0.05, 0) is 43.5 Å². The van der Waals surface area contributed by atoms with Crippen molar-refractivity contribution in [1.82, 2.24) is 10.2 Å². The third-order valence-electron chi connectivity index (χ3n) is 4.48. The molecule has 5 nitrogen and oxygen atoms in total. The maximum absolute atomic E-state index is 12.5. The van der Waals surface area contributed by atoms with Gasteiger partial charge in [0.05, 0.1) is 12.8 Å². The molecule has 3 rings (SSSR count). The molecule has 0 aromatic carbocycles. The number of nitrogens with one attached hydrogen (secondary N) is 1. The Morgan fingerprint density at radius 2 is 2.29 bits per heavy atom. The predicted octanol–water partition coefficient (Wildman–Crippen LogP) is 3.70. The lowest BCUT2D eigenvalue weighted by Gasteiger charge is -2.26. The molecule has 24 heavy (non-hydrogen) atoms. The van der Waals surface area contributed by atoms with E-state index < -0.39 is 6.10 Å². The first-order chi connectivity index (χ1) is 11.7. The first-order valence-electron chi connectivity index (χ1n) is 8.51. The van der Waals surface area contributed by atoms with Crippen molar-refractivity contribution < 1.29 is 14.3 Å². The van der Waals surface area contributed by atoms with Crippen molar-refractivity contribution in [3.05, 3.63) is 46.0 Å². The van der Waals surface area contributed by atoms with Crippen molar-refractivity contribution >= 4 is 17.4 Å². The van der Waals surface area contributed by atoms with Gasteiger partial charge in [-0.3, -0.25) is 0 Å². The molecule has 1 aliphatic heterocycles. The molecule has 1 saturated heterocycles. The number of aliphatic hydroxyl groups excluding tert-OH is 1. The largest absolute Gasteiger partial charge is 0.467 e. The van der Waals surface area contributed by atoms with Crippen LogP contribution in [0.1, 0.15) is 47.8 Å². The van der Waals surface area contributed by atoms with Gasteiger partial charge in [0.25, 0.3) is 0 Å². The molecule has 130 valence electrons. The molecule has 2 aromatic rings. The number of nitrogens with zero attached hydrogens (tertiary/aromatic N) is 1. The predicted molar refractivity (Wildman–Crippen MR) is 93.9 cm³/mol. The van der Waals surface area contributed by atoms with Crippen molar-refractivity contribution in [2.75, 3.05) is 6.54 Å². The number of hydrogen-bond donors (Lipinski definition) is 2. The topological polar surface area (TPSA) is 65.7 Å². The lowest BCUT2D eigenvalue weighted by Crippen LogP contribution is -2.42. The van der Waals surface area contributed by atoms with Crippen molar-refractivity contribution in [1.29, 1.82) is 0 Å². The highest BCUT2D eigenvalue weighted by Crippen LogP contribution is 2.27. The van der Waals surface area contributed by atoms with Gasteiger partial charge in [0.2, 0.25) is 0 Å². The summed E-state index contributed by atoms with van der Waals surface area (Å²) < 4.78 is 5.25. The van der Waals surface area contributed by atoms with Crippen LogP contribution < -0.4 is 5.32 Å². The number of carbonyl (C=O) groups is 1. The number of furan rings is 1. The van der Waals surface area contributed by atoms with Gasteiger partial charge >= 0.3 is 6.03 Å². The summed E-state index contributed by atoms with van der Waals surface area (Å²) in [6.45, 7) is 3.44. The third-order valence-corrected chi connectivity index (χ3v) is 5.71. The zero-order chi connectivity index (χ0) is 16.9. The molecule has 2 N–H and O–H groups in total. The molecule has 2 amide bonds. The van der Waals surface area contributed by atoms with Gasteiger partial charge in [-0.2, -0.15) is 0 Å². The van der Waals surface area contributed by atoms with Crippen molar-refractivity contribution in [2.45, 2.75) is 51.3 Å². The number of hydrogen-bond acceptors (Lipinski definition) is 4. The summed E-state index contributed by atoms with van der Waals surface area (Å²) in [5, 5.41) is 13.3. The second-order valence-electron chi connectivity index (χ2n) is 6.14. The Morgan fingerprint density at radius 3 is 3.00 bits per heavy atom. The molecule has 3 heterocycles. The fraction of sp³-hybridized carbons (Fsp3) is 0.500. The molecule has 1 aliphatic rings. The average Bonchev–Trinajstić information content (AvgIpc) is 3.32. The zero-order valence-electron chi connectivity index (χ0n) is 13.9. The quantitative estimate of drug-likeness (QED) is 0.836. The van der Waals surface area contributed by atoms with Gasteiger partial charge in [-0.1, -0.05) is 6.92 Å². The molecule has 0 aliphatic carbocycles. The second-order valence-corrected chi connectivity index (χ2v) is 7.39. The molecule has 2 aromatic heterocycles. The Morgan fingerprint density at radius 1 is 1.46 bits per heavy atom. The minimum atomic E-state index is -0.664. The van der Waals surface area contributed by atoms with Crippen LogP contribution in [0.25, 0.3) is 0 Å².